The summed E-state index contributed by atoms with van der Waals surface area (Å²) >= 11 is 0. The van der Waals surface area contributed by atoms with Crippen molar-refractivity contribution in [1.82, 2.24) is 9.97 Å². The quantitative estimate of drug-likeness (QED) is 0.550. The highest BCUT2D eigenvalue weighted by molar-refractivity contribution is 5.99. The van der Waals surface area contributed by atoms with Gasteiger partial charge in [0, 0.05) is 54.9 Å². The number of nitro benzene ring substituents is 1. The van der Waals surface area contributed by atoms with Gasteiger partial charge in [0.2, 0.25) is 0 Å². The van der Waals surface area contributed by atoms with E-state index in [1.54, 1.807) is 30.6 Å². The molecule has 1 aliphatic heterocycles. The minimum absolute atomic E-state index is 0.0651. The summed E-state index contributed by atoms with van der Waals surface area (Å²) in [6.45, 7) is 1.70. The Kier molecular flexibility index (Phi) is 4.72. The average molecular weight is 374 g/mol. The number of aromatic nitrogens is 2. The molecule has 140 valence electrons. The lowest BCUT2D eigenvalue weighted by Gasteiger charge is -2.33. The highest BCUT2D eigenvalue weighted by Crippen LogP contribution is 2.32. The van der Waals surface area contributed by atoms with E-state index in [0.29, 0.717) is 10.9 Å². The topological polar surface area (TPSA) is 108 Å². The first-order chi connectivity index (χ1) is 13.7. The second kappa shape index (κ2) is 7.48. The minimum atomic E-state index is -0.378. The largest absolute Gasteiger partial charge is 0.382 e. The molecule has 4 rings (SSSR count). The van der Waals surface area contributed by atoms with Gasteiger partial charge in [0.25, 0.3) is 5.69 Å². The third-order valence-electron chi connectivity index (χ3n) is 5.05. The molecule has 2 aromatic heterocycles. The monoisotopic (exact) mass is 374 g/mol. The second-order valence-corrected chi connectivity index (χ2v) is 6.73. The molecule has 0 bridgehead atoms. The van der Waals surface area contributed by atoms with Crippen molar-refractivity contribution >= 4 is 28.0 Å². The summed E-state index contributed by atoms with van der Waals surface area (Å²) in [7, 11) is 0. The van der Waals surface area contributed by atoms with Gasteiger partial charge in [-0.25, -0.2) is 4.98 Å². The maximum atomic E-state index is 11.3. The zero-order valence-corrected chi connectivity index (χ0v) is 15.1. The van der Waals surface area contributed by atoms with Crippen molar-refractivity contribution in [2.75, 3.05) is 23.3 Å². The fraction of sp³-hybridized carbons (Fsp3) is 0.250. The van der Waals surface area contributed by atoms with Gasteiger partial charge < -0.3 is 10.2 Å². The predicted octanol–water partition coefficient (Wildman–Crippen LogP) is 3.49. The molecule has 0 atom stereocenters. The molecule has 1 fully saturated rings. The van der Waals surface area contributed by atoms with Crippen molar-refractivity contribution in [1.29, 1.82) is 5.26 Å². The lowest BCUT2D eigenvalue weighted by molar-refractivity contribution is -0.383. The van der Waals surface area contributed by atoms with Crippen LogP contribution in [0.5, 0.6) is 0 Å². The van der Waals surface area contributed by atoms with Gasteiger partial charge in [0.15, 0.2) is 0 Å². The molecule has 0 amide bonds. The van der Waals surface area contributed by atoms with E-state index in [1.165, 1.54) is 12.3 Å². The van der Waals surface area contributed by atoms with Crippen LogP contribution in [-0.2, 0) is 0 Å². The summed E-state index contributed by atoms with van der Waals surface area (Å²) in [4.78, 5) is 21.5. The van der Waals surface area contributed by atoms with Crippen LogP contribution in [0.25, 0.3) is 10.8 Å². The van der Waals surface area contributed by atoms with Gasteiger partial charge in [-0.05, 0) is 37.1 Å². The molecule has 0 saturated carbocycles. The first kappa shape index (κ1) is 17.7. The number of fused-ring (bicyclic) bond motifs is 1. The van der Waals surface area contributed by atoms with Crippen LogP contribution >= 0.6 is 0 Å². The number of nitrogens with zero attached hydrogens (tertiary/aromatic N) is 5. The van der Waals surface area contributed by atoms with E-state index in [-0.39, 0.29) is 16.7 Å². The lowest BCUT2D eigenvalue weighted by atomic mass is 10.0. The van der Waals surface area contributed by atoms with Crippen LogP contribution in [0, 0.1) is 21.4 Å². The van der Waals surface area contributed by atoms with Crippen LogP contribution in [0.2, 0.25) is 0 Å². The SMILES string of the molecule is N#Cc1ccc(N2CCC(Nc3ccc([N+](=O)[O-])c4cnccc34)CC2)nc1. The van der Waals surface area contributed by atoms with E-state index in [0.717, 1.165) is 42.8 Å². The molecule has 8 heteroatoms. The van der Waals surface area contributed by atoms with Crippen molar-refractivity contribution in [2.24, 2.45) is 0 Å². The maximum Gasteiger partial charge on any atom is 0.278 e. The number of nitriles is 1. The minimum Gasteiger partial charge on any atom is -0.382 e. The number of anilines is 2. The molecule has 3 aromatic rings. The fourth-order valence-electron chi connectivity index (χ4n) is 3.57. The van der Waals surface area contributed by atoms with Crippen LogP contribution in [0.1, 0.15) is 18.4 Å². The third kappa shape index (κ3) is 3.42. The van der Waals surface area contributed by atoms with E-state index < -0.39 is 0 Å². The van der Waals surface area contributed by atoms with E-state index >= 15 is 0 Å². The number of benzene rings is 1. The maximum absolute atomic E-state index is 11.3. The van der Waals surface area contributed by atoms with Gasteiger partial charge in [-0.2, -0.15) is 5.26 Å². The Hall–Kier alpha value is -3.73. The average Bonchev–Trinajstić information content (AvgIpc) is 2.74. The zero-order chi connectivity index (χ0) is 19.5. The van der Waals surface area contributed by atoms with Gasteiger partial charge in [0.1, 0.15) is 11.9 Å². The van der Waals surface area contributed by atoms with E-state index in [2.05, 4.69) is 26.3 Å². The Balaban J connectivity index is 1.47. The van der Waals surface area contributed by atoms with Crippen LogP contribution in [0.15, 0.2) is 48.9 Å². The standard InChI is InChI=1S/C20H18N6O2/c21-11-14-1-4-20(23-12-14)25-9-6-15(7-10-25)24-18-2-3-19(26(27)28)17-13-22-8-5-16(17)18/h1-5,8,12-13,15,24H,6-7,9-10H2. The number of hydrogen-bond acceptors (Lipinski definition) is 7. The summed E-state index contributed by atoms with van der Waals surface area (Å²) in [5, 5.41) is 25.0. The number of hydrogen-bond donors (Lipinski definition) is 1. The van der Waals surface area contributed by atoms with E-state index in [1.807, 2.05) is 6.07 Å². The normalized spacial score (nSPS) is 14.6. The lowest BCUT2D eigenvalue weighted by Crippen LogP contribution is -2.39. The molecule has 1 aromatic carbocycles. The van der Waals surface area contributed by atoms with Gasteiger partial charge in [-0.1, -0.05) is 0 Å². The third-order valence-corrected chi connectivity index (χ3v) is 5.05. The van der Waals surface area contributed by atoms with Gasteiger partial charge in [0.05, 0.1) is 15.9 Å². The first-order valence-corrected chi connectivity index (χ1v) is 9.04. The fourth-order valence-corrected chi connectivity index (χ4v) is 3.57. The van der Waals surface area contributed by atoms with Gasteiger partial charge in [-0.3, -0.25) is 15.1 Å². The zero-order valence-electron chi connectivity index (χ0n) is 15.1. The summed E-state index contributed by atoms with van der Waals surface area (Å²) < 4.78 is 0. The molecule has 1 saturated heterocycles. The molecule has 0 spiro atoms. The summed E-state index contributed by atoms with van der Waals surface area (Å²) in [6, 6.07) is 11.1. The van der Waals surface area contributed by atoms with Gasteiger partial charge >= 0.3 is 0 Å². The Morgan fingerprint density at radius 1 is 1.14 bits per heavy atom. The number of piperidine rings is 1. The molecule has 1 aliphatic rings. The summed E-state index contributed by atoms with van der Waals surface area (Å²) in [6.07, 6.45) is 6.63. The Labute approximate surface area is 161 Å². The van der Waals surface area contributed by atoms with Crippen molar-refractivity contribution in [3.63, 3.8) is 0 Å². The predicted molar refractivity (Wildman–Crippen MR) is 106 cm³/mol. The molecule has 1 N–H and O–H groups in total. The van der Waals surface area contributed by atoms with Crippen LogP contribution in [0.4, 0.5) is 17.2 Å². The van der Waals surface area contributed by atoms with Gasteiger partial charge in [-0.15, -0.1) is 0 Å². The van der Waals surface area contributed by atoms with Crippen molar-refractivity contribution in [3.05, 3.63) is 64.6 Å². The second-order valence-electron chi connectivity index (χ2n) is 6.73. The molecule has 0 unspecified atom stereocenters. The highest BCUT2D eigenvalue weighted by atomic mass is 16.6. The Morgan fingerprint density at radius 2 is 1.96 bits per heavy atom. The molecule has 28 heavy (non-hydrogen) atoms. The Morgan fingerprint density at radius 3 is 2.64 bits per heavy atom. The highest BCUT2D eigenvalue weighted by Gasteiger charge is 2.22. The number of nitrogens with one attached hydrogen (secondary N) is 1. The van der Waals surface area contributed by atoms with E-state index in [4.69, 9.17) is 5.26 Å². The smallest absolute Gasteiger partial charge is 0.278 e. The van der Waals surface area contributed by atoms with Crippen molar-refractivity contribution in [3.8, 4) is 6.07 Å². The van der Waals surface area contributed by atoms with Crippen LogP contribution in [-0.4, -0.2) is 34.0 Å². The molecule has 3 heterocycles. The number of rotatable bonds is 4. The number of pyridine rings is 2. The molecule has 0 radical (unpaired) electrons. The van der Waals surface area contributed by atoms with Crippen LogP contribution < -0.4 is 10.2 Å². The van der Waals surface area contributed by atoms with E-state index in [9.17, 15) is 10.1 Å². The molecule has 0 aliphatic carbocycles. The molecular weight excluding hydrogens is 356 g/mol. The summed E-state index contributed by atoms with van der Waals surface area (Å²) in [5.41, 5.74) is 1.51. The summed E-state index contributed by atoms with van der Waals surface area (Å²) in [5.74, 6) is 0.879. The first-order valence-electron chi connectivity index (χ1n) is 9.04. The molecular formula is C20H18N6O2. The number of nitro groups is 1. The van der Waals surface area contributed by atoms with Crippen LogP contribution in [0.3, 0.4) is 0 Å². The van der Waals surface area contributed by atoms with Crippen molar-refractivity contribution in [2.45, 2.75) is 18.9 Å². The van der Waals surface area contributed by atoms with Crippen molar-refractivity contribution < 1.29 is 4.92 Å². The number of non-ortho nitro benzene ring substituents is 1. The Bertz CT molecular complexity index is 1050. The molecule has 8 nitrogen and oxygen atoms in total.